The number of halogens is 2. The van der Waals surface area contributed by atoms with E-state index in [1.54, 1.807) is 0 Å². The van der Waals surface area contributed by atoms with Gasteiger partial charge < -0.3 is 19.9 Å². The van der Waals surface area contributed by atoms with Gasteiger partial charge in [0, 0.05) is 24.5 Å². The number of nitrogens with zero attached hydrogens (tertiary/aromatic N) is 2. The Balaban J connectivity index is 2.16. The van der Waals surface area contributed by atoms with E-state index in [1.165, 1.54) is 12.1 Å². The first kappa shape index (κ1) is 20.5. The van der Waals surface area contributed by atoms with Crippen molar-refractivity contribution < 1.29 is 36.6 Å². The highest BCUT2D eigenvalue weighted by molar-refractivity contribution is 7.89. The van der Waals surface area contributed by atoms with E-state index in [1.807, 2.05) is 5.32 Å². The van der Waals surface area contributed by atoms with E-state index in [9.17, 15) is 17.6 Å². The van der Waals surface area contributed by atoms with Gasteiger partial charge in [-0.1, -0.05) is 0 Å². The average molecular weight is 427 g/mol. The van der Waals surface area contributed by atoms with Gasteiger partial charge in [-0.2, -0.15) is 12.8 Å². The lowest BCUT2D eigenvalue weighted by Crippen LogP contribution is -2.23. The molecule has 3 aromatic rings. The summed E-state index contributed by atoms with van der Waals surface area (Å²) in [6, 6.07) is 4.78. The van der Waals surface area contributed by atoms with Gasteiger partial charge in [0.05, 0.1) is 5.56 Å². The predicted molar refractivity (Wildman–Crippen MR) is 94.5 cm³/mol. The molecule has 0 aliphatic heterocycles. The highest BCUT2D eigenvalue weighted by Gasteiger charge is 2.30. The zero-order valence-electron chi connectivity index (χ0n) is 14.7. The summed E-state index contributed by atoms with van der Waals surface area (Å²) in [5.41, 5.74) is -1.17. The largest absolute Gasteiger partial charge is 0.465 e. The molecule has 3 aromatic heterocycles. The minimum Gasteiger partial charge on any atom is -0.465 e. The first-order chi connectivity index (χ1) is 13.8. The molecule has 0 radical (unpaired) electrons. The number of carbonyl (C=O) groups is 1. The molecule has 0 atom stereocenters. The van der Waals surface area contributed by atoms with E-state index >= 15 is 4.39 Å². The molecule has 12 heteroatoms. The van der Waals surface area contributed by atoms with Crippen LogP contribution in [0.25, 0.3) is 11.3 Å². The SMILES string of the molecule is O=C(O)NCCc1cn(S(=O)(=O)c2ccc(CO)o2)c(-c2cccnc2F)c1F. The van der Waals surface area contributed by atoms with E-state index in [0.29, 0.717) is 3.97 Å². The maximum absolute atomic E-state index is 15.1. The minimum absolute atomic E-state index is 0.0313. The summed E-state index contributed by atoms with van der Waals surface area (Å²) in [6.07, 6.45) is 0.534. The van der Waals surface area contributed by atoms with Crippen molar-refractivity contribution in [2.24, 2.45) is 0 Å². The Hall–Kier alpha value is -3.25. The molecule has 0 saturated heterocycles. The van der Waals surface area contributed by atoms with Crippen molar-refractivity contribution in [1.29, 1.82) is 0 Å². The van der Waals surface area contributed by atoms with Crippen molar-refractivity contribution in [2.75, 3.05) is 6.54 Å². The smallest absolute Gasteiger partial charge is 0.404 e. The van der Waals surface area contributed by atoms with Crippen molar-refractivity contribution in [2.45, 2.75) is 18.1 Å². The van der Waals surface area contributed by atoms with Gasteiger partial charge in [0.15, 0.2) is 5.82 Å². The van der Waals surface area contributed by atoms with Gasteiger partial charge in [0.1, 0.15) is 18.1 Å². The van der Waals surface area contributed by atoms with Gasteiger partial charge >= 0.3 is 16.1 Å². The third-order valence-electron chi connectivity index (χ3n) is 3.97. The number of aromatic nitrogens is 2. The molecule has 0 fully saturated rings. The summed E-state index contributed by atoms with van der Waals surface area (Å²) in [4.78, 5) is 14.0. The highest BCUT2D eigenvalue weighted by atomic mass is 32.2. The molecule has 3 rings (SSSR count). The number of hydrogen-bond donors (Lipinski definition) is 3. The second-order valence-electron chi connectivity index (χ2n) is 5.82. The maximum atomic E-state index is 15.1. The van der Waals surface area contributed by atoms with Crippen molar-refractivity contribution in [3.8, 4) is 11.3 Å². The molecule has 0 spiro atoms. The van der Waals surface area contributed by atoms with Gasteiger partial charge in [-0.05, 0) is 30.7 Å². The molecule has 0 aromatic carbocycles. The normalized spacial score (nSPS) is 11.6. The maximum Gasteiger partial charge on any atom is 0.404 e. The Kier molecular flexibility index (Phi) is 5.66. The number of furan rings is 1. The molecule has 0 aliphatic rings. The second-order valence-corrected chi connectivity index (χ2v) is 7.57. The first-order valence-corrected chi connectivity index (χ1v) is 9.62. The molecule has 9 nitrogen and oxygen atoms in total. The van der Waals surface area contributed by atoms with Crippen LogP contribution in [0.1, 0.15) is 11.3 Å². The van der Waals surface area contributed by atoms with E-state index in [0.717, 1.165) is 24.5 Å². The van der Waals surface area contributed by atoms with Crippen LogP contribution in [-0.4, -0.2) is 40.2 Å². The van der Waals surface area contributed by atoms with Crippen molar-refractivity contribution in [1.82, 2.24) is 14.3 Å². The topological polar surface area (TPSA) is 135 Å². The molecule has 0 unspecified atom stereocenters. The number of nitrogens with one attached hydrogen (secondary N) is 1. The first-order valence-electron chi connectivity index (χ1n) is 8.18. The Labute approximate surface area is 163 Å². The third kappa shape index (κ3) is 3.98. The lowest BCUT2D eigenvalue weighted by atomic mass is 10.1. The highest BCUT2D eigenvalue weighted by Crippen LogP contribution is 2.32. The average Bonchev–Trinajstić information content (AvgIpc) is 3.28. The van der Waals surface area contributed by atoms with Crippen molar-refractivity contribution >= 4 is 16.1 Å². The molecule has 1 amide bonds. The summed E-state index contributed by atoms with van der Waals surface area (Å²) < 4.78 is 60.8. The van der Waals surface area contributed by atoms with Crippen LogP contribution in [0.5, 0.6) is 0 Å². The number of hydrogen-bond acceptors (Lipinski definition) is 6. The van der Waals surface area contributed by atoms with Gasteiger partial charge in [-0.25, -0.2) is 18.1 Å². The van der Waals surface area contributed by atoms with E-state index < -0.39 is 50.8 Å². The van der Waals surface area contributed by atoms with Crippen molar-refractivity contribution in [3.05, 3.63) is 59.7 Å². The number of pyridine rings is 1. The third-order valence-corrected chi connectivity index (χ3v) is 5.51. The van der Waals surface area contributed by atoms with Crippen molar-refractivity contribution in [3.63, 3.8) is 0 Å². The Morgan fingerprint density at radius 2 is 2.03 bits per heavy atom. The van der Waals surface area contributed by atoms with Gasteiger partial charge in [0.2, 0.25) is 11.0 Å². The standard InChI is InChI=1S/C17H15F2N3O6S/c18-14-10(5-7-21-17(24)25)8-22(15(14)12-2-1-6-20-16(12)19)29(26,27)13-4-3-11(9-23)28-13/h1-4,6,8,21,23H,5,7,9H2,(H,24,25). The Morgan fingerprint density at radius 1 is 1.28 bits per heavy atom. The van der Waals surface area contributed by atoms with Crippen LogP contribution in [-0.2, 0) is 23.1 Å². The van der Waals surface area contributed by atoms with E-state index in [-0.39, 0.29) is 24.3 Å². The summed E-state index contributed by atoms with van der Waals surface area (Å²) in [5.74, 6) is -2.16. The van der Waals surface area contributed by atoms with Gasteiger partial charge in [-0.15, -0.1) is 0 Å². The van der Waals surface area contributed by atoms with Gasteiger partial charge in [-0.3, -0.25) is 0 Å². The molecule has 29 heavy (non-hydrogen) atoms. The fourth-order valence-electron chi connectivity index (χ4n) is 2.66. The zero-order valence-corrected chi connectivity index (χ0v) is 15.5. The van der Waals surface area contributed by atoms with Crippen LogP contribution in [0.4, 0.5) is 13.6 Å². The van der Waals surface area contributed by atoms with Crippen LogP contribution in [0, 0.1) is 11.8 Å². The minimum atomic E-state index is -4.50. The zero-order chi connectivity index (χ0) is 21.2. The van der Waals surface area contributed by atoms with Crippen LogP contribution in [0.2, 0.25) is 0 Å². The Morgan fingerprint density at radius 3 is 2.66 bits per heavy atom. The summed E-state index contributed by atoms with van der Waals surface area (Å²) in [7, 11) is -4.50. The molecule has 154 valence electrons. The molecular weight excluding hydrogens is 412 g/mol. The van der Waals surface area contributed by atoms with Crippen LogP contribution in [0.3, 0.4) is 0 Å². The Bertz CT molecular complexity index is 1160. The monoisotopic (exact) mass is 427 g/mol. The number of aliphatic hydroxyl groups excluding tert-OH is 1. The lowest BCUT2D eigenvalue weighted by Gasteiger charge is -2.09. The molecule has 3 heterocycles. The van der Waals surface area contributed by atoms with Crippen LogP contribution in [0.15, 0.2) is 46.2 Å². The summed E-state index contributed by atoms with van der Waals surface area (Å²) >= 11 is 0. The second kappa shape index (κ2) is 8.01. The molecular formula is C17H15F2N3O6S. The van der Waals surface area contributed by atoms with Crippen LogP contribution < -0.4 is 5.32 Å². The summed E-state index contributed by atoms with van der Waals surface area (Å²) in [6.45, 7) is -0.744. The number of rotatable bonds is 7. The van der Waals surface area contributed by atoms with E-state index in [4.69, 9.17) is 14.6 Å². The lowest BCUT2D eigenvalue weighted by molar-refractivity contribution is 0.194. The number of carboxylic acid groups (broad SMARTS) is 1. The predicted octanol–water partition coefficient (Wildman–Crippen LogP) is 1.96. The van der Waals surface area contributed by atoms with Gasteiger partial charge in [0.25, 0.3) is 0 Å². The molecule has 0 bridgehead atoms. The summed E-state index contributed by atoms with van der Waals surface area (Å²) in [5, 5.41) is 19.2. The fourth-order valence-corrected chi connectivity index (χ4v) is 3.99. The van der Waals surface area contributed by atoms with E-state index in [2.05, 4.69) is 4.98 Å². The number of amides is 1. The quantitative estimate of drug-likeness (QED) is 0.491. The molecule has 3 N–H and O–H groups in total. The molecule has 0 aliphatic carbocycles. The number of aliphatic hydroxyl groups is 1. The fraction of sp³-hybridized carbons (Fsp3) is 0.176. The van der Waals surface area contributed by atoms with Crippen LogP contribution >= 0.6 is 0 Å². The molecule has 0 saturated carbocycles.